The molecule has 0 fully saturated rings. The van der Waals surface area contributed by atoms with E-state index in [9.17, 15) is 22.0 Å². The molecular weight excluding hydrogens is 231 g/mol. The van der Waals surface area contributed by atoms with E-state index >= 15 is 0 Å². The van der Waals surface area contributed by atoms with Gasteiger partial charge in [-0.2, -0.15) is 18.4 Å². The minimum absolute atomic E-state index is 0.265. The molecule has 1 aromatic rings. The van der Waals surface area contributed by atoms with Gasteiger partial charge < -0.3 is 0 Å². The van der Waals surface area contributed by atoms with Crippen molar-refractivity contribution in [3.05, 3.63) is 28.6 Å². The highest BCUT2D eigenvalue weighted by atomic mass is 19.4. The van der Waals surface area contributed by atoms with Crippen LogP contribution in [-0.2, 0) is 6.18 Å². The largest absolute Gasteiger partial charge is 0.416 e. The monoisotopic (exact) mass is 236 g/mol. The van der Waals surface area contributed by atoms with Crippen molar-refractivity contribution in [1.82, 2.24) is 4.98 Å². The quantitative estimate of drug-likeness (QED) is 0.702. The molecule has 0 saturated heterocycles. The molecule has 7 heteroatoms. The van der Waals surface area contributed by atoms with Crippen molar-refractivity contribution in [3.63, 3.8) is 0 Å². The van der Waals surface area contributed by atoms with E-state index in [0.29, 0.717) is 0 Å². The van der Waals surface area contributed by atoms with Crippen molar-refractivity contribution in [1.29, 1.82) is 5.26 Å². The summed E-state index contributed by atoms with van der Waals surface area (Å²) in [6, 6.07) is 1.62. The lowest BCUT2D eigenvalue weighted by Gasteiger charge is -2.12. The molecule has 0 aliphatic heterocycles. The Bertz CT molecular complexity index is 444. The third-order valence-corrected chi connectivity index (χ3v) is 1.93. The molecule has 0 aliphatic carbocycles. The van der Waals surface area contributed by atoms with E-state index in [1.807, 2.05) is 0 Å². The molecule has 1 heterocycles. The summed E-state index contributed by atoms with van der Waals surface area (Å²) < 4.78 is 61.8. The number of aromatic nitrogens is 1. The molecule has 0 saturated carbocycles. The third-order valence-electron chi connectivity index (χ3n) is 1.93. The molecular formula is C9H5F5N2. The van der Waals surface area contributed by atoms with Crippen LogP contribution >= 0.6 is 0 Å². The number of nitrogens with zero attached hydrogens (tertiary/aromatic N) is 2. The van der Waals surface area contributed by atoms with E-state index in [0.717, 1.165) is 6.92 Å². The lowest BCUT2D eigenvalue weighted by Crippen LogP contribution is -2.11. The first-order valence-corrected chi connectivity index (χ1v) is 4.04. The number of pyridine rings is 1. The van der Waals surface area contributed by atoms with E-state index in [1.54, 1.807) is 0 Å². The molecule has 1 rings (SSSR count). The van der Waals surface area contributed by atoms with Gasteiger partial charge in [-0.05, 0) is 18.6 Å². The molecule has 0 bridgehead atoms. The van der Waals surface area contributed by atoms with Crippen molar-refractivity contribution in [2.75, 3.05) is 0 Å². The summed E-state index contributed by atoms with van der Waals surface area (Å²) in [5.74, 6) is 0. The summed E-state index contributed by atoms with van der Waals surface area (Å²) in [5, 5.41) is 8.49. The summed E-state index contributed by atoms with van der Waals surface area (Å²) in [5.41, 5.74) is -3.38. The van der Waals surface area contributed by atoms with Crippen LogP contribution in [0.4, 0.5) is 22.0 Å². The van der Waals surface area contributed by atoms with Gasteiger partial charge in [-0.15, -0.1) is 0 Å². The normalized spacial score (nSPS) is 11.6. The van der Waals surface area contributed by atoms with Gasteiger partial charge in [0.15, 0.2) is 0 Å². The van der Waals surface area contributed by atoms with Gasteiger partial charge in [0.1, 0.15) is 17.5 Å². The fourth-order valence-electron chi connectivity index (χ4n) is 1.14. The number of halogens is 5. The summed E-state index contributed by atoms with van der Waals surface area (Å²) >= 11 is 0. The minimum atomic E-state index is -4.78. The lowest BCUT2D eigenvalue weighted by molar-refractivity contribution is -0.138. The first kappa shape index (κ1) is 12.4. The summed E-state index contributed by atoms with van der Waals surface area (Å²) in [6.45, 7) is 1.02. The molecule has 2 nitrogen and oxygen atoms in total. The Hall–Kier alpha value is -1.71. The molecule has 0 N–H and O–H groups in total. The molecule has 1 aromatic heterocycles. The van der Waals surface area contributed by atoms with E-state index in [1.165, 1.54) is 6.07 Å². The second-order valence-electron chi connectivity index (χ2n) is 2.98. The van der Waals surface area contributed by atoms with Crippen LogP contribution in [-0.4, -0.2) is 4.98 Å². The first-order chi connectivity index (χ1) is 7.27. The van der Waals surface area contributed by atoms with Gasteiger partial charge in [-0.3, -0.25) is 0 Å². The maximum atomic E-state index is 12.4. The van der Waals surface area contributed by atoms with Gasteiger partial charge in [0.2, 0.25) is 0 Å². The predicted molar refractivity (Wildman–Crippen MR) is 43.6 cm³/mol. The predicted octanol–water partition coefficient (Wildman–Crippen LogP) is 3.22. The molecule has 0 amide bonds. The van der Waals surface area contributed by atoms with Crippen molar-refractivity contribution < 1.29 is 22.0 Å². The van der Waals surface area contributed by atoms with E-state index in [4.69, 9.17) is 5.26 Å². The molecule has 0 aliphatic rings. The van der Waals surface area contributed by atoms with Crippen LogP contribution in [0, 0.1) is 18.3 Å². The Kier molecular flexibility index (Phi) is 3.12. The van der Waals surface area contributed by atoms with Crippen LogP contribution in [0.3, 0.4) is 0 Å². The maximum Gasteiger partial charge on any atom is 0.416 e. The van der Waals surface area contributed by atoms with Crippen LogP contribution in [0.1, 0.15) is 28.9 Å². The summed E-state index contributed by atoms with van der Waals surface area (Å²) in [7, 11) is 0. The van der Waals surface area contributed by atoms with E-state index in [2.05, 4.69) is 4.98 Å². The highest BCUT2D eigenvalue weighted by molar-refractivity contribution is 5.40. The Morgan fingerprint density at radius 2 is 1.94 bits per heavy atom. The minimum Gasteiger partial charge on any atom is -0.236 e. The first-order valence-electron chi connectivity index (χ1n) is 4.04. The van der Waals surface area contributed by atoms with Crippen molar-refractivity contribution in [3.8, 4) is 6.07 Å². The van der Waals surface area contributed by atoms with Crippen LogP contribution < -0.4 is 0 Å². The van der Waals surface area contributed by atoms with Crippen LogP contribution in [0.5, 0.6) is 0 Å². The zero-order valence-electron chi connectivity index (χ0n) is 7.94. The second kappa shape index (κ2) is 4.04. The van der Waals surface area contributed by atoms with Gasteiger partial charge in [0.25, 0.3) is 6.43 Å². The van der Waals surface area contributed by atoms with Crippen molar-refractivity contribution in [2.24, 2.45) is 0 Å². The topological polar surface area (TPSA) is 36.7 Å². The number of alkyl halides is 5. The highest BCUT2D eigenvalue weighted by Crippen LogP contribution is 2.34. The number of nitriles is 1. The number of hydrogen-bond donors (Lipinski definition) is 0. The fourth-order valence-corrected chi connectivity index (χ4v) is 1.14. The van der Waals surface area contributed by atoms with Gasteiger partial charge in [0, 0.05) is 0 Å². The lowest BCUT2D eigenvalue weighted by atomic mass is 10.1. The Morgan fingerprint density at radius 3 is 2.31 bits per heavy atom. The average Bonchev–Trinajstić information content (AvgIpc) is 2.15. The molecule has 0 radical (unpaired) electrons. The zero-order chi connectivity index (χ0) is 12.5. The molecule has 0 unspecified atom stereocenters. The fraction of sp³-hybridized carbons (Fsp3) is 0.333. The molecule has 16 heavy (non-hydrogen) atoms. The third kappa shape index (κ3) is 2.27. The van der Waals surface area contributed by atoms with Gasteiger partial charge in [0.05, 0.1) is 5.56 Å². The van der Waals surface area contributed by atoms with E-state index in [-0.39, 0.29) is 6.07 Å². The zero-order valence-corrected chi connectivity index (χ0v) is 7.94. The standard InChI is InChI=1S/C9H5F5N2/c1-4-5(9(12,13)14)2-6(8(10)11)16-7(4)3-15/h2,8H,1H3. The van der Waals surface area contributed by atoms with E-state index < -0.39 is 35.1 Å². The smallest absolute Gasteiger partial charge is 0.236 e. The summed E-state index contributed by atoms with van der Waals surface area (Å²) in [6.07, 6.45) is -7.92. The molecule has 86 valence electrons. The van der Waals surface area contributed by atoms with Gasteiger partial charge >= 0.3 is 6.18 Å². The van der Waals surface area contributed by atoms with Crippen molar-refractivity contribution in [2.45, 2.75) is 19.5 Å². The number of hydrogen-bond acceptors (Lipinski definition) is 2. The Labute approximate surface area is 87.3 Å². The maximum absolute atomic E-state index is 12.4. The van der Waals surface area contributed by atoms with Gasteiger partial charge in [-0.1, -0.05) is 0 Å². The molecule has 0 atom stereocenters. The Morgan fingerprint density at radius 1 is 1.38 bits per heavy atom. The summed E-state index contributed by atoms with van der Waals surface area (Å²) in [4.78, 5) is 3.15. The Balaban J connectivity index is 3.50. The highest BCUT2D eigenvalue weighted by Gasteiger charge is 2.35. The van der Waals surface area contributed by atoms with Crippen LogP contribution in [0.25, 0.3) is 0 Å². The average molecular weight is 236 g/mol. The van der Waals surface area contributed by atoms with Gasteiger partial charge in [-0.25, -0.2) is 13.8 Å². The molecule has 0 spiro atoms. The van der Waals surface area contributed by atoms with Crippen molar-refractivity contribution >= 4 is 0 Å². The molecule has 0 aromatic carbocycles. The van der Waals surface area contributed by atoms with Crippen LogP contribution in [0.15, 0.2) is 6.07 Å². The number of rotatable bonds is 1. The SMILES string of the molecule is Cc1c(C(F)(F)F)cc(C(F)F)nc1C#N. The van der Waals surface area contributed by atoms with Crippen LogP contribution in [0.2, 0.25) is 0 Å². The second-order valence-corrected chi connectivity index (χ2v) is 2.98.